The largest absolute Gasteiger partial charge is 0.411 e. The average Bonchev–Trinajstić information content (AvgIpc) is 3.26. The molecule has 30 heavy (non-hydrogen) atoms. The molecule has 0 saturated carbocycles. The Balaban J connectivity index is 1.42. The minimum Gasteiger partial charge on any atom is -0.411 e. The number of hydrogen-bond donors (Lipinski definition) is 1. The number of nitrogens with one attached hydrogen (secondary N) is 1. The van der Waals surface area contributed by atoms with E-state index in [0.29, 0.717) is 11.1 Å². The smallest absolute Gasteiger partial charge is 0.277 e. The van der Waals surface area contributed by atoms with Crippen molar-refractivity contribution in [3.63, 3.8) is 0 Å². The number of nitrogens with zero attached hydrogens (tertiary/aromatic N) is 2. The molecule has 6 heteroatoms. The summed E-state index contributed by atoms with van der Waals surface area (Å²) in [6.07, 6.45) is 0. The molecule has 0 aliphatic heterocycles. The van der Waals surface area contributed by atoms with E-state index in [4.69, 9.17) is 4.42 Å². The van der Waals surface area contributed by atoms with E-state index in [1.54, 1.807) is 0 Å². The topological polar surface area (TPSA) is 68.0 Å². The number of carbonyl (C=O) groups is 1. The predicted molar refractivity (Wildman–Crippen MR) is 118 cm³/mol. The molecule has 3 aromatic carbocycles. The zero-order chi connectivity index (χ0) is 20.8. The van der Waals surface area contributed by atoms with Gasteiger partial charge in [-0.15, -0.1) is 10.2 Å². The molecule has 0 aliphatic rings. The molecular formula is C24H21N3O2S. The second-order valence-corrected chi connectivity index (χ2v) is 7.78. The zero-order valence-electron chi connectivity index (χ0n) is 16.5. The summed E-state index contributed by atoms with van der Waals surface area (Å²) < 4.78 is 5.71. The van der Waals surface area contributed by atoms with Crippen LogP contribution in [0.15, 0.2) is 94.6 Å². The molecule has 0 fully saturated rings. The quantitative estimate of drug-likeness (QED) is 0.428. The van der Waals surface area contributed by atoms with Gasteiger partial charge in [-0.1, -0.05) is 90.1 Å². The van der Waals surface area contributed by atoms with Gasteiger partial charge in [-0.3, -0.25) is 4.79 Å². The fourth-order valence-corrected chi connectivity index (χ4v) is 3.72. The predicted octanol–water partition coefficient (Wildman–Crippen LogP) is 5.04. The molecule has 1 aromatic heterocycles. The van der Waals surface area contributed by atoms with Crippen LogP contribution in [-0.2, 0) is 4.79 Å². The third-order valence-corrected chi connectivity index (χ3v) is 5.39. The molecule has 0 saturated heterocycles. The van der Waals surface area contributed by atoms with E-state index in [9.17, 15) is 4.79 Å². The van der Waals surface area contributed by atoms with E-state index in [0.717, 1.165) is 22.3 Å². The van der Waals surface area contributed by atoms with Crippen LogP contribution in [0.4, 0.5) is 0 Å². The van der Waals surface area contributed by atoms with Crippen LogP contribution in [0.1, 0.15) is 22.7 Å². The van der Waals surface area contributed by atoms with E-state index in [1.165, 1.54) is 11.8 Å². The molecule has 1 heterocycles. The van der Waals surface area contributed by atoms with Gasteiger partial charge in [0, 0.05) is 5.56 Å². The molecule has 4 aromatic rings. The molecule has 4 rings (SSSR count). The molecule has 0 radical (unpaired) electrons. The lowest BCUT2D eigenvalue weighted by molar-refractivity contribution is -0.119. The molecule has 150 valence electrons. The van der Waals surface area contributed by atoms with Crippen molar-refractivity contribution in [3.8, 4) is 11.5 Å². The van der Waals surface area contributed by atoms with Crippen LogP contribution in [0.25, 0.3) is 11.5 Å². The third-order valence-electron chi connectivity index (χ3n) is 4.57. The molecule has 0 bridgehead atoms. The van der Waals surface area contributed by atoms with E-state index in [2.05, 4.69) is 15.5 Å². The summed E-state index contributed by atoms with van der Waals surface area (Å²) in [6, 6.07) is 27.5. The number of amides is 1. The van der Waals surface area contributed by atoms with Gasteiger partial charge in [-0.2, -0.15) is 0 Å². The van der Waals surface area contributed by atoms with Gasteiger partial charge in [0.1, 0.15) is 0 Å². The second-order valence-electron chi connectivity index (χ2n) is 6.85. The van der Waals surface area contributed by atoms with Crippen molar-refractivity contribution in [2.45, 2.75) is 18.2 Å². The molecule has 1 amide bonds. The zero-order valence-corrected chi connectivity index (χ0v) is 17.3. The van der Waals surface area contributed by atoms with Gasteiger partial charge in [-0.25, -0.2) is 0 Å². The van der Waals surface area contributed by atoms with Gasteiger partial charge >= 0.3 is 0 Å². The first kappa shape index (κ1) is 19.9. The van der Waals surface area contributed by atoms with Crippen LogP contribution >= 0.6 is 11.8 Å². The maximum atomic E-state index is 12.7. The first-order valence-electron chi connectivity index (χ1n) is 9.61. The first-order valence-corrected chi connectivity index (χ1v) is 10.6. The van der Waals surface area contributed by atoms with Crippen molar-refractivity contribution in [1.82, 2.24) is 15.5 Å². The van der Waals surface area contributed by atoms with Gasteiger partial charge in [0.15, 0.2) is 0 Å². The molecule has 0 atom stereocenters. The van der Waals surface area contributed by atoms with Crippen LogP contribution < -0.4 is 5.32 Å². The molecule has 0 spiro atoms. The summed E-state index contributed by atoms with van der Waals surface area (Å²) in [5, 5.41) is 11.6. The van der Waals surface area contributed by atoms with Gasteiger partial charge in [0.25, 0.3) is 5.22 Å². The van der Waals surface area contributed by atoms with E-state index in [-0.39, 0.29) is 17.7 Å². The van der Waals surface area contributed by atoms with Gasteiger partial charge in [-0.05, 0) is 30.2 Å². The maximum Gasteiger partial charge on any atom is 0.277 e. The van der Waals surface area contributed by atoms with Gasteiger partial charge in [0.2, 0.25) is 11.8 Å². The number of thioether (sulfide) groups is 1. The number of rotatable bonds is 7. The molecule has 1 N–H and O–H groups in total. The SMILES string of the molecule is Cc1cccc(-c2nnc(SCC(=O)NC(c3ccccc3)c3ccccc3)o2)c1. The molecule has 0 unspecified atom stereocenters. The Kier molecular flexibility index (Phi) is 6.25. The summed E-state index contributed by atoms with van der Waals surface area (Å²) in [5.41, 5.74) is 4.04. The number of aryl methyl sites for hydroxylation is 1. The Morgan fingerprint density at radius 3 is 2.23 bits per heavy atom. The number of hydrogen-bond acceptors (Lipinski definition) is 5. The third kappa shape index (κ3) is 4.96. The van der Waals surface area contributed by atoms with Crippen molar-refractivity contribution in [2.24, 2.45) is 0 Å². The number of aromatic nitrogens is 2. The number of carbonyl (C=O) groups excluding carboxylic acids is 1. The minimum atomic E-state index is -0.217. The Hall–Kier alpha value is -3.38. The highest BCUT2D eigenvalue weighted by atomic mass is 32.2. The Bertz CT molecular complexity index is 1070. The van der Waals surface area contributed by atoms with Crippen molar-refractivity contribution >= 4 is 17.7 Å². The first-order chi connectivity index (χ1) is 14.7. The molecule has 0 aliphatic carbocycles. The van der Waals surface area contributed by atoms with Crippen LogP contribution in [0.5, 0.6) is 0 Å². The van der Waals surface area contributed by atoms with Crippen LogP contribution in [0.2, 0.25) is 0 Å². The average molecular weight is 416 g/mol. The summed E-state index contributed by atoms with van der Waals surface area (Å²) >= 11 is 1.23. The minimum absolute atomic E-state index is 0.104. The number of benzene rings is 3. The summed E-state index contributed by atoms with van der Waals surface area (Å²) in [5.74, 6) is 0.534. The highest BCUT2D eigenvalue weighted by Gasteiger charge is 2.18. The van der Waals surface area contributed by atoms with Crippen molar-refractivity contribution in [2.75, 3.05) is 5.75 Å². The Morgan fingerprint density at radius 2 is 1.60 bits per heavy atom. The van der Waals surface area contributed by atoms with Crippen LogP contribution in [0.3, 0.4) is 0 Å². The normalized spacial score (nSPS) is 10.9. The Labute approximate surface area is 179 Å². The second kappa shape index (κ2) is 9.41. The highest BCUT2D eigenvalue weighted by molar-refractivity contribution is 7.99. The summed E-state index contributed by atoms with van der Waals surface area (Å²) in [6.45, 7) is 2.01. The lowest BCUT2D eigenvalue weighted by Gasteiger charge is -2.19. The Morgan fingerprint density at radius 1 is 0.933 bits per heavy atom. The van der Waals surface area contributed by atoms with E-state index in [1.807, 2.05) is 91.9 Å². The van der Waals surface area contributed by atoms with E-state index >= 15 is 0 Å². The monoisotopic (exact) mass is 415 g/mol. The highest BCUT2D eigenvalue weighted by Crippen LogP contribution is 2.25. The molecular weight excluding hydrogens is 394 g/mol. The van der Waals surface area contributed by atoms with Crippen molar-refractivity contribution in [1.29, 1.82) is 0 Å². The fourth-order valence-electron chi connectivity index (χ4n) is 3.14. The van der Waals surface area contributed by atoms with Gasteiger partial charge in [0.05, 0.1) is 11.8 Å². The van der Waals surface area contributed by atoms with E-state index < -0.39 is 0 Å². The standard InChI is InChI=1S/C24H21N3O2S/c1-17-9-8-14-20(15-17)23-26-27-24(29-23)30-16-21(28)25-22(18-10-4-2-5-11-18)19-12-6-3-7-13-19/h2-15,22H,16H2,1H3,(H,25,28). The summed E-state index contributed by atoms with van der Waals surface area (Å²) in [7, 11) is 0. The maximum absolute atomic E-state index is 12.7. The lowest BCUT2D eigenvalue weighted by atomic mass is 9.99. The fraction of sp³-hybridized carbons (Fsp3) is 0.125. The summed E-state index contributed by atoms with van der Waals surface area (Å²) in [4.78, 5) is 12.7. The van der Waals surface area contributed by atoms with Crippen LogP contribution in [0, 0.1) is 6.92 Å². The lowest BCUT2D eigenvalue weighted by Crippen LogP contribution is -2.30. The van der Waals surface area contributed by atoms with Crippen LogP contribution in [-0.4, -0.2) is 21.9 Å². The molecule has 5 nitrogen and oxygen atoms in total. The van der Waals surface area contributed by atoms with Gasteiger partial charge < -0.3 is 9.73 Å². The van der Waals surface area contributed by atoms with Crippen molar-refractivity contribution in [3.05, 3.63) is 102 Å². The van der Waals surface area contributed by atoms with Crippen molar-refractivity contribution < 1.29 is 9.21 Å².